The Balaban J connectivity index is 2.05. The van der Waals surface area contributed by atoms with E-state index >= 15 is 0 Å². The highest BCUT2D eigenvalue weighted by Gasteiger charge is 2.26. The highest BCUT2D eigenvalue weighted by Crippen LogP contribution is 2.19. The summed E-state index contributed by atoms with van der Waals surface area (Å²) in [5.74, 6) is -0.520. The number of nitrogens with two attached hydrogens (primary N) is 1. The Kier molecular flexibility index (Phi) is 3.81. The lowest BCUT2D eigenvalue weighted by atomic mass is 9.96. The number of piperidine rings is 1. The monoisotopic (exact) mass is 257 g/mol. The Hall–Kier alpha value is -2.35. The number of hydrogen-bond donors (Lipinski definition) is 1. The Labute approximate surface area is 111 Å². The van der Waals surface area contributed by atoms with Crippen molar-refractivity contribution in [2.24, 2.45) is 11.7 Å². The third-order valence-corrected chi connectivity index (χ3v) is 3.42. The highest BCUT2D eigenvalue weighted by atomic mass is 16.2. The Morgan fingerprint density at radius 3 is 2.58 bits per heavy atom. The van der Waals surface area contributed by atoms with E-state index in [0.717, 1.165) is 0 Å². The molecule has 1 aliphatic rings. The number of rotatable bonds is 2. The number of carbonyl (C=O) groups excluding carboxylic acids is 2. The Morgan fingerprint density at radius 1 is 1.32 bits per heavy atom. The Morgan fingerprint density at radius 2 is 2.00 bits per heavy atom. The lowest BCUT2D eigenvalue weighted by molar-refractivity contribution is -0.123. The third-order valence-electron chi connectivity index (χ3n) is 3.42. The second-order valence-corrected chi connectivity index (χ2v) is 4.66. The number of carbonyl (C=O) groups is 2. The molecule has 0 atom stereocenters. The van der Waals surface area contributed by atoms with Gasteiger partial charge in [0.05, 0.1) is 11.6 Å². The summed E-state index contributed by atoms with van der Waals surface area (Å²) in [6, 6.07) is 8.66. The molecule has 1 aromatic carbocycles. The van der Waals surface area contributed by atoms with Crippen LogP contribution in [0.4, 0.5) is 0 Å². The summed E-state index contributed by atoms with van der Waals surface area (Å²) in [6.07, 6.45) is 1.22. The van der Waals surface area contributed by atoms with E-state index in [1.807, 2.05) is 6.07 Å². The zero-order valence-electron chi connectivity index (χ0n) is 10.5. The van der Waals surface area contributed by atoms with Gasteiger partial charge in [-0.25, -0.2) is 0 Å². The Bertz CT molecular complexity index is 540. The van der Waals surface area contributed by atoms with Crippen LogP contribution in [-0.2, 0) is 4.79 Å². The number of nitriles is 1. The van der Waals surface area contributed by atoms with E-state index in [9.17, 15) is 9.59 Å². The van der Waals surface area contributed by atoms with Crippen LogP contribution >= 0.6 is 0 Å². The molecule has 1 fully saturated rings. The molecule has 19 heavy (non-hydrogen) atoms. The number of nitrogens with zero attached hydrogens (tertiary/aromatic N) is 2. The normalized spacial score (nSPS) is 15.8. The third kappa shape index (κ3) is 2.91. The standard InChI is InChI=1S/C14H15N3O2/c15-9-10-2-1-3-12(8-10)14(19)17-6-4-11(5-7-17)13(16)18/h1-3,8,11H,4-7H2,(H2,16,18). The molecule has 0 aliphatic carbocycles. The predicted octanol–water partition coefficient (Wildman–Crippen LogP) is 0.896. The minimum Gasteiger partial charge on any atom is -0.369 e. The average molecular weight is 257 g/mol. The minimum atomic E-state index is -0.293. The summed E-state index contributed by atoms with van der Waals surface area (Å²) >= 11 is 0. The van der Waals surface area contributed by atoms with Crippen LogP contribution in [0.2, 0.25) is 0 Å². The second-order valence-electron chi connectivity index (χ2n) is 4.66. The van der Waals surface area contributed by atoms with E-state index in [2.05, 4.69) is 0 Å². The smallest absolute Gasteiger partial charge is 0.253 e. The molecule has 0 spiro atoms. The van der Waals surface area contributed by atoms with Gasteiger partial charge in [-0.3, -0.25) is 9.59 Å². The lowest BCUT2D eigenvalue weighted by Gasteiger charge is -2.30. The summed E-state index contributed by atoms with van der Waals surface area (Å²) in [6.45, 7) is 1.06. The maximum absolute atomic E-state index is 12.2. The van der Waals surface area contributed by atoms with Gasteiger partial charge in [-0.05, 0) is 31.0 Å². The van der Waals surface area contributed by atoms with Crippen molar-refractivity contribution in [3.05, 3.63) is 35.4 Å². The van der Waals surface area contributed by atoms with E-state index < -0.39 is 0 Å². The fraction of sp³-hybridized carbons (Fsp3) is 0.357. The van der Waals surface area contributed by atoms with Gasteiger partial charge in [0.2, 0.25) is 5.91 Å². The average Bonchev–Trinajstić information content (AvgIpc) is 2.46. The summed E-state index contributed by atoms with van der Waals surface area (Å²) < 4.78 is 0. The molecule has 1 saturated heterocycles. The summed E-state index contributed by atoms with van der Waals surface area (Å²) in [4.78, 5) is 25.0. The molecule has 1 aromatic rings. The van der Waals surface area contributed by atoms with Crippen LogP contribution in [-0.4, -0.2) is 29.8 Å². The van der Waals surface area contributed by atoms with E-state index in [1.165, 1.54) is 0 Å². The van der Waals surface area contributed by atoms with Crippen LogP contribution in [0.15, 0.2) is 24.3 Å². The van der Waals surface area contributed by atoms with Crippen LogP contribution in [0, 0.1) is 17.2 Å². The summed E-state index contributed by atoms with van der Waals surface area (Å²) in [5, 5.41) is 8.82. The minimum absolute atomic E-state index is 0.0972. The molecule has 2 N–H and O–H groups in total. The maximum atomic E-state index is 12.2. The number of benzene rings is 1. The topological polar surface area (TPSA) is 87.2 Å². The molecule has 0 aromatic heterocycles. The first kappa shape index (κ1) is 13.1. The highest BCUT2D eigenvalue weighted by molar-refractivity contribution is 5.94. The number of likely N-dealkylation sites (tertiary alicyclic amines) is 1. The zero-order valence-corrected chi connectivity index (χ0v) is 10.5. The van der Waals surface area contributed by atoms with Crippen LogP contribution < -0.4 is 5.73 Å². The van der Waals surface area contributed by atoms with Gasteiger partial charge in [0.1, 0.15) is 0 Å². The largest absolute Gasteiger partial charge is 0.369 e. The predicted molar refractivity (Wildman–Crippen MR) is 69.0 cm³/mol. The molecule has 2 rings (SSSR count). The molecule has 1 aliphatic heterocycles. The molecule has 2 amide bonds. The van der Waals surface area contributed by atoms with Crippen LogP contribution in [0.1, 0.15) is 28.8 Å². The maximum Gasteiger partial charge on any atom is 0.253 e. The quantitative estimate of drug-likeness (QED) is 0.853. The van der Waals surface area contributed by atoms with Crippen LogP contribution in [0.3, 0.4) is 0 Å². The van der Waals surface area contributed by atoms with Gasteiger partial charge in [-0.1, -0.05) is 6.07 Å². The first-order valence-corrected chi connectivity index (χ1v) is 6.20. The number of amides is 2. The summed E-state index contributed by atoms with van der Waals surface area (Å²) in [5.41, 5.74) is 6.24. The van der Waals surface area contributed by atoms with Gasteiger partial charge in [-0.2, -0.15) is 5.26 Å². The summed E-state index contributed by atoms with van der Waals surface area (Å²) in [7, 11) is 0. The first-order chi connectivity index (χ1) is 9.11. The SMILES string of the molecule is N#Cc1cccc(C(=O)N2CCC(C(N)=O)CC2)c1. The molecule has 5 nitrogen and oxygen atoms in total. The fourth-order valence-electron chi connectivity index (χ4n) is 2.27. The van der Waals surface area contributed by atoms with Gasteiger partial charge in [-0.15, -0.1) is 0 Å². The molecule has 0 unspecified atom stereocenters. The molecular weight excluding hydrogens is 242 g/mol. The first-order valence-electron chi connectivity index (χ1n) is 6.20. The number of hydrogen-bond acceptors (Lipinski definition) is 3. The van der Waals surface area contributed by atoms with Crippen molar-refractivity contribution in [2.75, 3.05) is 13.1 Å². The van der Waals surface area contributed by atoms with Gasteiger partial charge in [0.15, 0.2) is 0 Å². The van der Waals surface area contributed by atoms with E-state index in [1.54, 1.807) is 29.2 Å². The molecule has 0 saturated carbocycles. The number of primary amides is 1. The van der Waals surface area contributed by atoms with E-state index in [-0.39, 0.29) is 17.7 Å². The van der Waals surface area contributed by atoms with Crippen molar-refractivity contribution < 1.29 is 9.59 Å². The fourth-order valence-corrected chi connectivity index (χ4v) is 2.27. The van der Waals surface area contributed by atoms with Gasteiger partial charge >= 0.3 is 0 Å². The van der Waals surface area contributed by atoms with Crippen LogP contribution in [0.5, 0.6) is 0 Å². The second kappa shape index (κ2) is 5.53. The van der Waals surface area contributed by atoms with E-state index in [0.29, 0.717) is 37.1 Å². The van der Waals surface area contributed by atoms with Crippen molar-refractivity contribution in [1.29, 1.82) is 5.26 Å². The molecule has 0 radical (unpaired) electrons. The van der Waals surface area contributed by atoms with Crippen molar-refractivity contribution >= 4 is 11.8 Å². The molecule has 98 valence electrons. The molecule has 1 heterocycles. The van der Waals surface area contributed by atoms with Crippen molar-refractivity contribution in [3.63, 3.8) is 0 Å². The van der Waals surface area contributed by atoms with Gasteiger partial charge in [0, 0.05) is 24.6 Å². The van der Waals surface area contributed by atoms with Gasteiger partial charge in [0.25, 0.3) is 5.91 Å². The van der Waals surface area contributed by atoms with Gasteiger partial charge < -0.3 is 10.6 Å². The van der Waals surface area contributed by atoms with Crippen LogP contribution in [0.25, 0.3) is 0 Å². The lowest BCUT2D eigenvalue weighted by Crippen LogP contribution is -2.41. The molecule has 0 bridgehead atoms. The molecular formula is C14H15N3O2. The van der Waals surface area contributed by atoms with E-state index in [4.69, 9.17) is 11.0 Å². The van der Waals surface area contributed by atoms with Crippen molar-refractivity contribution in [2.45, 2.75) is 12.8 Å². The molecule has 5 heteroatoms. The zero-order chi connectivity index (χ0) is 13.8. The van der Waals surface area contributed by atoms with Crippen molar-refractivity contribution in [1.82, 2.24) is 4.90 Å². The van der Waals surface area contributed by atoms with Crippen molar-refractivity contribution in [3.8, 4) is 6.07 Å².